The van der Waals surface area contributed by atoms with Gasteiger partial charge in [-0.05, 0) is 71.2 Å². The number of benzene rings is 1. The minimum absolute atomic E-state index is 0.0269. The van der Waals surface area contributed by atoms with Gasteiger partial charge < -0.3 is 19.9 Å². The number of likely N-dealkylation sites (tertiary alicyclic amines) is 1. The molecule has 1 N–H and O–H groups in total. The lowest BCUT2D eigenvalue weighted by Crippen LogP contribution is -2.60. The molecule has 4 atom stereocenters. The molecule has 2 aliphatic heterocycles. The zero-order valence-corrected chi connectivity index (χ0v) is 22.1. The normalized spacial score (nSPS) is 24.4. The van der Waals surface area contributed by atoms with Crippen molar-refractivity contribution in [3.8, 4) is 6.07 Å². The van der Waals surface area contributed by atoms with E-state index in [0.29, 0.717) is 6.42 Å². The van der Waals surface area contributed by atoms with Crippen molar-refractivity contribution < 1.29 is 14.3 Å². The number of piperidine rings is 1. The van der Waals surface area contributed by atoms with Gasteiger partial charge in [0.1, 0.15) is 17.7 Å². The van der Waals surface area contributed by atoms with Gasteiger partial charge in [-0.15, -0.1) is 0 Å². The fourth-order valence-corrected chi connectivity index (χ4v) is 4.87. The number of nitrogens with one attached hydrogen (secondary N) is 1. The molecule has 0 radical (unpaired) electrons. The molecule has 2 heterocycles. The van der Waals surface area contributed by atoms with Crippen molar-refractivity contribution >= 4 is 17.7 Å². The number of amides is 2. The van der Waals surface area contributed by atoms with Crippen LogP contribution in [0.5, 0.6) is 0 Å². The Morgan fingerprint density at radius 3 is 2.31 bits per heavy atom. The number of hydrogen-bond donors (Lipinski definition) is 1. The fraction of sp³-hybridized carbons (Fsp3) is 0.667. The summed E-state index contributed by atoms with van der Waals surface area (Å²) in [5, 5.41) is 12.7. The number of hydrogen-bond acceptors (Lipinski definition) is 6. The van der Waals surface area contributed by atoms with E-state index in [-0.39, 0.29) is 17.9 Å². The Balaban J connectivity index is 1.66. The van der Waals surface area contributed by atoms with Gasteiger partial charge in [0.25, 0.3) is 0 Å². The highest BCUT2D eigenvalue weighted by atomic mass is 16.6. The van der Waals surface area contributed by atoms with Crippen LogP contribution in [-0.4, -0.2) is 78.8 Å². The molecule has 3 rings (SSSR count). The van der Waals surface area contributed by atoms with Crippen molar-refractivity contribution in [2.24, 2.45) is 5.92 Å². The van der Waals surface area contributed by atoms with Gasteiger partial charge in [-0.25, -0.2) is 4.79 Å². The predicted octanol–water partition coefficient (Wildman–Crippen LogP) is 3.41. The predicted molar refractivity (Wildman–Crippen MR) is 137 cm³/mol. The van der Waals surface area contributed by atoms with Crippen LogP contribution in [0.25, 0.3) is 0 Å². The minimum Gasteiger partial charge on any atom is -0.444 e. The van der Waals surface area contributed by atoms with Crippen molar-refractivity contribution in [1.29, 1.82) is 5.26 Å². The quantitative estimate of drug-likeness (QED) is 0.690. The molecule has 0 bridgehead atoms. The number of carbonyl (C=O) groups excluding carboxylic acids is 2. The number of rotatable bonds is 5. The van der Waals surface area contributed by atoms with Crippen LogP contribution >= 0.6 is 0 Å². The second-order valence-corrected chi connectivity index (χ2v) is 11.1. The SMILES string of the molecule is C[C@@H]1CC[C@H](C)N(C(=O)OC(C)(C)C)[C@@H]1C(=O)N[C@H](C#N)Cc1ccc(N2CCN(C)CC2)cc1. The average molecular weight is 484 g/mol. The molecule has 0 spiro atoms. The van der Waals surface area contributed by atoms with Crippen molar-refractivity contribution in [1.82, 2.24) is 15.1 Å². The number of ether oxygens (including phenoxy) is 1. The Labute approximate surface area is 210 Å². The molecular formula is C27H41N5O3. The van der Waals surface area contributed by atoms with Gasteiger partial charge in [0.05, 0.1) is 6.07 Å². The summed E-state index contributed by atoms with van der Waals surface area (Å²) in [5.41, 5.74) is 1.52. The van der Waals surface area contributed by atoms with Crippen LogP contribution in [-0.2, 0) is 16.0 Å². The lowest BCUT2D eigenvalue weighted by atomic mass is 9.86. The summed E-state index contributed by atoms with van der Waals surface area (Å²) in [5.74, 6) is -0.323. The number of carbonyl (C=O) groups is 2. The molecule has 35 heavy (non-hydrogen) atoms. The number of piperazine rings is 1. The van der Waals surface area contributed by atoms with Crippen LogP contribution in [0, 0.1) is 17.2 Å². The molecule has 0 aromatic heterocycles. The zero-order valence-electron chi connectivity index (χ0n) is 22.1. The van der Waals surface area contributed by atoms with Gasteiger partial charge in [-0.1, -0.05) is 19.1 Å². The first-order chi connectivity index (χ1) is 16.5. The number of nitriles is 1. The first-order valence-corrected chi connectivity index (χ1v) is 12.7. The smallest absolute Gasteiger partial charge is 0.411 e. The average Bonchev–Trinajstić information content (AvgIpc) is 2.79. The van der Waals surface area contributed by atoms with E-state index in [2.05, 4.69) is 40.4 Å². The van der Waals surface area contributed by atoms with Crippen LogP contribution in [0.15, 0.2) is 24.3 Å². The van der Waals surface area contributed by atoms with Gasteiger partial charge >= 0.3 is 6.09 Å². The molecule has 2 aliphatic rings. The maximum absolute atomic E-state index is 13.4. The van der Waals surface area contributed by atoms with E-state index in [1.54, 1.807) is 4.90 Å². The van der Waals surface area contributed by atoms with E-state index < -0.39 is 23.8 Å². The van der Waals surface area contributed by atoms with E-state index in [9.17, 15) is 14.9 Å². The monoisotopic (exact) mass is 483 g/mol. The standard InChI is InChI=1S/C27H41N5O3/c1-19-7-8-20(2)32(26(34)35-27(3,4)5)24(19)25(33)29-22(18-28)17-21-9-11-23(12-10-21)31-15-13-30(6)14-16-31/h9-12,19-20,22,24H,7-8,13-17H2,1-6H3,(H,29,33)/t19-,20+,22+,24+/m1/s1. The van der Waals surface area contributed by atoms with Crippen molar-refractivity contribution in [2.75, 3.05) is 38.1 Å². The summed E-state index contributed by atoms with van der Waals surface area (Å²) in [4.78, 5) is 32.6. The van der Waals surface area contributed by atoms with Gasteiger partial charge in [0, 0.05) is 44.3 Å². The van der Waals surface area contributed by atoms with Crippen LogP contribution in [0.2, 0.25) is 0 Å². The maximum atomic E-state index is 13.4. The van der Waals surface area contributed by atoms with E-state index in [0.717, 1.165) is 44.6 Å². The summed E-state index contributed by atoms with van der Waals surface area (Å²) in [6.07, 6.45) is 1.58. The summed E-state index contributed by atoms with van der Waals surface area (Å²) in [7, 11) is 2.14. The van der Waals surface area contributed by atoms with E-state index in [4.69, 9.17) is 4.74 Å². The van der Waals surface area contributed by atoms with Gasteiger partial charge in [-0.2, -0.15) is 5.26 Å². The molecule has 192 valence electrons. The first kappa shape index (κ1) is 26.8. The Morgan fingerprint density at radius 2 is 1.74 bits per heavy atom. The molecule has 8 nitrogen and oxygen atoms in total. The molecule has 2 fully saturated rings. The Kier molecular flexibility index (Phi) is 8.65. The topological polar surface area (TPSA) is 88.9 Å². The van der Waals surface area contributed by atoms with Crippen LogP contribution in [0.3, 0.4) is 0 Å². The molecule has 0 saturated carbocycles. The van der Waals surface area contributed by atoms with Crippen molar-refractivity contribution in [3.05, 3.63) is 29.8 Å². The lowest BCUT2D eigenvalue weighted by molar-refractivity contribution is -0.131. The van der Waals surface area contributed by atoms with Gasteiger partial charge in [0.2, 0.25) is 5.91 Å². The third-order valence-electron chi connectivity index (χ3n) is 6.94. The Bertz CT molecular complexity index is 912. The lowest BCUT2D eigenvalue weighted by Gasteiger charge is -2.43. The molecular weight excluding hydrogens is 442 g/mol. The summed E-state index contributed by atoms with van der Waals surface area (Å²) in [6, 6.07) is 9.01. The largest absolute Gasteiger partial charge is 0.444 e. The van der Waals surface area contributed by atoms with Gasteiger partial charge in [-0.3, -0.25) is 9.69 Å². The van der Waals surface area contributed by atoms with E-state index in [1.807, 2.05) is 46.8 Å². The molecule has 0 unspecified atom stereocenters. The van der Waals surface area contributed by atoms with Crippen LogP contribution < -0.4 is 10.2 Å². The third-order valence-corrected chi connectivity index (χ3v) is 6.94. The molecule has 2 amide bonds. The second-order valence-electron chi connectivity index (χ2n) is 11.1. The first-order valence-electron chi connectivity index (χ1n) is 12.7. The van der Waals surface area contributed by atoms with Crippen LogP contribution in [0.1, 0.15) is 53.0 Å². The summed E-state index contributed by atoms with van der Waals surface area (Å²) >= 11 is 0. The molecule has 8 heteroatoms. The summed E-state index contributed by atoms with van der Waals surface area (Å²) < 4.78 is 5.61. The van der Waals surface area contributed by atoms with Crippen molar-refractivity contribution in [2.45, 2.75) is 77.6 Å². The highest BCUT2D eigenvalue weighted by Crippen LogP contribution is 2.30. The van der Waals surface area contributed by atoms with E-state index >= 15 is 0 Å². The molecule has 2 saturated heterocycles. The second kappa shape index (κ2) is 11.3. The number of likely N-dealkylation sites (N-methyl/N-ethyl adjacent to an activating group) is 1. The van der Waals surface area contributed by atoms with Crippen molar-refractivity contribution in [3.63, 3.8) is 0 Å². The van der Waals surface area contributed by atoms with Gasteiger partial charge in [0.15, 0.2) is 0 Å². The molecule has 1 aromatic carbocycles. The maximum Gasteiger partial charge on any atom is 0.411 e. The number of anilines is 1. The zero-order chi connectivity index (χ0) is 25.8. The fourth-order valence-electron chi connectivity index (χ4n) is 4.87. The number of nitrogens with zero attached hydrogens (tertiary/aromatic N) is 4. The third kappa shape index (κ3) is 7.11. The van der Waals surface area contributed by atoms with Crippen LogP contribution in [0.4, 0.5) is 10.5 Å². The summed E-state index contributed by atoms with van der Waals surface area (Å²) in [6.45, 7) is 13.5. The Hall–Kier alpha value is -2.79. The highest BCUT2D eigenvalue weighted by Gasteiger charge is 2.42. The highest BCUT2D eigenvalue weighted by molar-refractivity contribution is 5.87. The Morgan fingerprint density at radius 1 is 1.11 bits per heavy atom. The molecule has 0 aliphatic carbocycles. The van der Waals surface area contributed by atoms with E-state index in [1.165, 1.54) is 5.69 Å². The molecule has 1 aromatic rings. The minimum atomic E-state index is -0.679.